The molecule has 2 aliphatic heterocycles. The van der Waals surface area contributed by atoms with Gasteiger partial charge in [0, 0.05) is 48.3 Å². The number of carbonyl (C=O) groups is 1. The average Bonchev–Trinajstić information content (AvgIpc) is 3.24. The Kier molecular flexibility index (Phi) is 6.24. The fourth-order valence-electron chi connectivity index (χ4n) is 5.79. The minimum absolute atomic E-state index is 0.261. The summed E-state index contributed by atoms with van der Waals surface area (Å²) in [6.07, 6.45) is 7.34. The Bertz CT molecular complexity index is 1060. The second-order valence-corrected chi connectivity index (χ2v) is 11.7. The molecular weight excluding hydrogens is 444 g/mol. The Hall–Kier alpha value is -2.30. The lowest BCUT2D eigenvalue weighted by atomic mass is 9.75. The van der Waals surface area contributed by atoms with Crippen LogP contribution in [-0.4, -0.2) is 48.7 Å². The maximum absolute atomic E-state index is 12.3. The van der Waals surface area contributed by atoms with Gasteiger partial charge in [-0.25, -0.2) is 4.79 Å². The van der Waals surface area contributed by atoms with Crippen molar-refractivity contribution in [3.8, 4) is 0 Å². The maximum atomic E-state index is 12.3. The fraction of sp³-hybridized carbons (Fsp3) is 0.483. The topological polar surface area (TPSA) is 32.8 Å². The minimum atomic E-state index is -0.478. The number of rotatable bonds is 4. The van der Waals surface area contributed by atoms with Gasteiger partial charge >= 0.3 is 5.97 Å². The molecule has 2 saturated heterocycles. The molecule has 0 saturated carbocycles. The summed E-state index contributed by atoms with van der Waals surface area (Å²) in [7, 11) is 0. The van der Waals surface area contributed by atoms with Crippen molar-refractivity contribution in [1.82, 2.24) is 4.90 Å². The van der Waals surface area contributed by atoms with Crippen molar-refractivity contribution in [1.29, 1.82) is 0 Å². The number of anilines is 1. The first-order valence-corrected chi connectivity index (χ1v) is 12.9. The molecule has 2 aromatic rings. The van der Waals surface area contributed by atoms with Crippen LogP contribution >= 0.6 is 11.6 Å². The number of likely N-dealkylation sites (tertiary alicyclic amines) is 1. The van der Waals surface area contributed by atoms with E-state index in [1.54, 1.807) is 0 Å². The molecule has 34 heavy (non-hydrogen) atoms. The van der Waals surface area contributed by atoms with Gasteiger partial charge in [0.2, 0.25) is 0 Å². The highest BCUT2D eigenvalue weighted by Gasteiger charge is 2.50. The van der Waals surface area contributed by atoms with Crippen molar-refractivity contribution >= 4 is 28.8 Å². The fourth-order valence-corrected chi connectivity index (χ4v) is 5.91. The van der Waals surface area contributed by atoms with Gasteiger partial charge in [0.15, 0.2) is 0 Å². The molecule has 0 bridgehead atoms. The molecule has 1 spiro atoms. The molecular formula is C29H35ClN2O2. The van der Waals surface area contributed by atoms with Gasteiger partial charge in [-0.3, -0.25) is 4.90 Å². The zero-order valence-corrected chi connectivity index (χ0v) is 21.3. The molecule has 0 aromatic heterocycles. The third kappa shape index (κ3) is 4.89. The molecule has 4 nitrogen and oxygen atoms in total. The summed E-state index contributed by atoms with van der Waals surface area (Å²) in [6.45, 7) is 10.2. The van der Waals surface area contributed by atoms with E-state index in [-0.39, 0.29) is 5.97 Å². The van der Waals surface area contributed by atoms with Crippen molar-refractivity contribution in [2.24, 2.45) is 5.41 Å². The van der Waals surface area contributed by atoms with Crippen LogP contribution in [0.3, 0.4) is 0 Å². The Balaban J connectivity index is 1.21. The van der Waals surface area contributed by atoms with Gasteiger partial charge in [-0.2, -0.15) is 0 Å². The predicted molar refractivity (Wildman–Crippen MR) is 140 cm³/mol. The van der Waals surface area contributed by atoms with Gasteiger partial charge < -0.3 is 9.64 Å². The number of benzene rings is 2. The normalized spacial score (nSPS) is 22.4. The van der Waals surface area contributed by atoms with E-state index in [2.05, 4.69) is 40.1 Å². The van der Waals surface area contributed by atoms with Gasteiger partial charge in [0.25, 0.3) is 0 Å². The molecule has 2 heterocycles. The maximum Gasteiger partial charge on any atom is 0.338 e. The SMILES string of the molecule is CC(C)(C)OC(=O)c1ccc(N2CCC3(C2)CN(C2CCCC=C2c2ccc(Cl)cc2)C3)cc1. The number of ether oxygens (including phenoxy) is 1. The second kappa shape index (κ2) is 9.05. The van der Waals surface area contributed by atoms with E-state index in [0.29, 0.717) is 17.0 Å². The average molecular weight is 479 g/mol. The third-order valence-corrected chi connectivity index (χ3v) is 7.66. The molecule has 0 amide bonds. The quantitative estimate of drug-likeness (QED) is 0.473. The highest BCUT2D eigenvalue weighted by atomic mass is 35.5. The predicted octanol–water partition coefficient (Wildman–Crippen LogP) is 6.44. The van der Waals surface area contributed by atoms with Crippen LogP contribution in [0.2, 0.25) is 5.02 Å². The van der Waals surface area contributed by atoms with Crippen LogP contribution in [0.4, 0.5) is 5.69 Å². The van der Waals surface area contributed by atoms with Crippen molar-refractivity contribution in [3.63, 3.8) is 0 Å². The largest absolute Gasteiger partial charge is 0.456 e. The number of carbonyl (C=O) groups excluding carboxylic acids is 1. The van der Waals surface area contributed by atoms with Crippen LogP contribution in [0.5, 0.6) is 0 Å². The molecule has 2 fully saturated rings. The van der Waals surface area contributed by atoms with E-state index in [1.165, 1.54) is 42.5 Å². The first-order valence-electron chi connectivity index (χ1n) is 12.5. The first kappa shape index (κ1) is 23.4. The minimum Gasteiger partial charge on any atom is -0.456 e. The lowest BCUT2D eigenvalue weighted by Crippen LogP contribution is -2.61. The van der Waals surface area contributed by atoms with Crippen molar-refractivity contribution in [3.05, 3.63) is 70.8 Å². The van der Waals surface area contributed by atoms with E-state index < -0.39 is 5.60 Å². The second-order valence-electron chi connectivity index (χ2n) is 11.2. The lowest BCUT2D eigenvalue weighted by Gasteiger charge is -2.53. The van der Waals surface area contributed by atoms with Crippen molar-refractivity contribution in [2.75, 3.05) is 31.1 Å². The number of hydrogen-bond acceptors (Lipinski definition) is 4. The van der Waals surface area contributed by atoms with E-state index in [1.807, 2.05) is 45.0 Å². The molecule has 0 radical (unpaired) electrons. The molecule has 180 valence electrons. The number of halogens is 1. The Morgan fingerprint density at radius 1 is 1.03 bits per heavy atom. The van der Waals surface area contributed by atoms with Crippen LogP contribution in [0.15, 0.2) is 54.6 Å². The van der Waals surface area contributed by atoms with E-state index in [4.69, 9.17) is 16.3 Å². The summed E-state index contributed by atoms with van der Waals surface area (Å²) in [5.41, 5.74) is 4.50. The van der Waals surface area contributed by atoms with Gasteiger partial charge in [-0.15, -0.1) is 0 Å². The summed E-state index contributed by atoms with van der Waals surface area (Å²) in [6, 6.07) is 16.8. The molecule has 1 aliphatic carbocycles. The smallest absolute Gasteiger partial charge is 0.338 e. The Morgan fingerprint density at radius 3 is 2.41 bits per heavy atom. The van der Waals surface area contributed by atoms with Crippen molar-refractivity contribution < 1.29 is 9.53 Å². The molecule has 0 N–H and O–H groups in total. The third-order valence-electron chi connectivity index (χ3n) is 7.41. The summed E-state index contributed by atoms with van der Waals surface area (Å²) in [5, 5.41) is 0.796. The molecule has 5 rings (SSSR count). The summed E-state index contributed by atoms with van der Waals surface area (Å²) in [5.74, 6) is -0.261. The van der Waals surface area contributed by atoms with Gasteiger partial charge in [-0.1, -0.05) is 29.8 Å². The van der Waals surface area contributed by atoms with E-state index >= 15 is 0 Å². The summed E-state index contributed by atoms with van der Waals surface area (Å²) < 4.78 is 5.50. The van der Waals surface area contributed by atoms with E-state index in [0.717, 1.165) is 31.2 Å². The van der Waals surface area contributed by atoms with E-state index in [9.17, 15) is 4.79 Å². The van der Waals surface area contributed by atoms with Crippen LogP contribution in [0, 0.1) is 5.41 Å². The monoisotopic (exact) mass is 478 g/mol. The Morgan fingerprint density at radius 2 is 1.74 bits per heavy atom. The lowest BCUT2D eigenvalue weighted by molar-refractivity contribution is -0.00317. The number of esters is 1. The molecule has 1 unspecified atom stereocenters. The zero-order chi connectivity index (χ0) is 23.9. The first-order chi connectivity index (χ1) is 16.2. The van der Waals surface area contributed by atoms with Crippen molar-refractivity contribution in [2.45, 2.75) is 58.1 Å². The number of allylic oxidation sites excluding steroid dienone is 1. The number of hydrogen-bond donors (Lipinski definition) is 0. The standard InChI is InChI=1S/C29H35ClN2O2/c1-28(2,3)34-27(33)22-10-14-24(15-11-22)31-17-16-29(18-31)19-32(20-29)26-7-5-4-6-25(26)21-8-12-23(30)13-9-21/h6,8-15,26H,4-5,7,16-20H2,1-3H3. The van der Waals surface area contributed by atoms with Gasteiger partial charge in [0.1, 0.15) is 5.60 Å². The van der Waals surface area contributed by atoms with Crippen LogP contribution in [0.1, 0.15) is 62.4 Å². The highest BCUT2D eigenvalue weighted by Crippen LogP contribution is 2.45. The zero-order valence-electron chi connectivity index (χ0n) is 20.5. The van der Waals surface area contributed by atoms with Gasteiger partial charge in [-0.05, 0) is 94.0 Å². The molecule has 3 aliphatic rings. The van der Waals surface area contributed by atoms with Gasteiger partial charge in [0.05, 0.1) is 5.56 Å². The summed E-state index contributed by atoms with van der Waals surface area (Å²) >= 11 is 6.13. The molecule has 1 atom stereocenters. The van der Waals surface area contributed by atoms with Crippen LogP contribution in [-0.2, 0) is 4.74 Å². The Labute approximate surface area is 208 Å². The highest BCUT2D eigenvalue weighted by molar-refractivity contribution is 6.30. The molecule has 5 heteroatoms. The summed E-state index contributed by atoms with van der Waals surface area (Å²) in [4.78, 5) is 17.5. The molecule has 2 aromatic carbocycles. The van der Waals surface area contributed by atoms with Crippen LogP contribution in [0.25, 0.3) is 5.57 Å². The number of nitrogens with zero attached hydrogens (tertiary/aromatic N) is 2. The van der Waals surface area contributed by atoms with Crippen LogP contribution < -0.4 is 4.90 Å².